The number of carbonyl (C=O) groups excluding carboxylic acids is 2. The highest BCUT2D eigenvalue weighted by Crippen LogP contribution is 2.38. The van der Waals surface area contributed by atoms with E-state index in [2.05, 4.69) is 4.98 Å². The van der Waals surface area contributed by atoms with E-state index in [-0.39, 0.29) is 33.9 Å². The summed E-state index contributed by atoms with van der Waals surface area (Å²) in [5.74, 6) is -1.59. The zero-order valence-corrected chi connectivity index (χ0v) is 28.6. The molecule has 6 rings (SSSR count). The van der Waals surface area contributed by atoms with Crippen molar-refractivity contribution in [3.63, 3.8) is 0 Å². The van der Waals surface area contributed by atoms with E-state index >= 15 is 8.78 Å². The number of rotatable bonds is 12. The summed E-state index contributed by atoms with van der Waals surface area (Å²) in [6, 6.07) is 22.9. The summed E-state index contributed by atoms with van der Waals surface area (Å²) in [6.45, 7) is 3.47. The maximum absolute atomic E-state index is 15.0. The van der Waals surface area contributed by atoms with Crippen LogP contribution in [0.15, 0.2) is 101 Å². The van der Waals surface area contributed by atoms with Crippen molar-refractivity contribution in [3.05, 3.63) is 152 Å². The number of pyridine rings is 1. The van der Waals surface area contributed by atoms with Gasteiger partial charge in [-0.15, -0.1) is 11.3 Å². The monoisotopic (exact) mass is 692 g/mol. The average Bonchev–Trinajstić information content (AvgIpc) is 3.47. The van der Waals surface area contributed by atoms with Gasteiger partial charge in [-0.2, -0.15) is 0 Å². The van der Waals surface area contributed by atoms with E-state index in [1.165, 1.54) is 35.1 Å². The van der Waals surface area contributed by atoms with Gasteiger partial charge in [0, 0.05) is 48.1 Å². The number of benzene rings is 3. The molecule has 3 aromatic carbocycles. The molecular formula is C39H34F2N4O4S. The molecule has 0 saturated carbocycles. The van der Waals surface area contributed by atoms with E-state index in [1.807, 2.05) is 43.1 Å². The van der Waals surface area contributed by atoms with Crippen molar-refractivity contribution >= 4 is 33.1 Å². The summed E-state index contributed by atoms with van der Waals surface area (Å²) in [7, 11) is 1.87. The van der Waals surface area contributed by atoms with Crippen molar-refractivity contribution in [1.82, 2.24) is 19.0 Å². The Bertz CT molecular complexity index is 2310. The molecule has 0 saturated heterocycles. The number of ketones is 2. The molecule has 0 fully saturated rings. The molecule has 0 aliphatic carbocycles. The Morgan fingerprint density at radius 2 is 1.56 bits per heavy atom. The highest BCUT2D eigenvalue weighted by molar-refractivity contribution is 7.22. The van der Waals surface area contributed by atoms with Crippen molar-refractivity contribution < 1.29 is 18.4 Å². The van der Waals surface area contributed by atoms with Crippen LogP contribution in [-0.4, -0.2) is 37.6 Å². The number of carbonyl (C=O) groups is 2. The maximum Gasteiger partial charge on any atom is 0.337 e. The minimum absolute atomic E-state index is 0.0899. The molecule has 0 radical (unpaired) electrons. The van der Waals surface area contributed by atoms with Gasteiger partial charge in [-0.25, -0.2) is 18.1 Å². The number of para-hydroxylation sites is 1. The number of nitrogens with zero attached hydrogens (tertiary/aromatic N) is 4. The number of hydrogen-bond donors (Lipinski definition) is 0. The molecule has 3 aromatic heterocycles. The first-order chi connectivity index (χ1) is 24.0. The van der Waals surface area contributed by atoms with Gasteiger partial charge in [0.05, 0.1) is 23.3 Å². The first-order valence-corrected chi connectivity index (χ1v) is 16.9. The number of thiophene rings is 1. The first-order valence-electron chi connectivity index (χ1n) is 16.1. The molecule has 0 spiro atoms. The molecule has 0 aliphatic heterocycles. The molecule has 0 atom stereocenters. The highest BCUT2D eigenvalue weighted by atomic mass is 32.1. The topological polar surface area (TPSA) is 94.3 Å². The van der Waals surface area contributed by atoms with E-state index in [4.69, 9.17) is 0 Å². The lowest BCUT2D eigenvalue weighted by molar-refractivity contribution is -0.118. The Balaban J connectivity index is 1.57. The van der Waals surface area contributed by atoms with Gasteiger partial charge in [0.25, 0.3) is 5.56 Å². The quantitative estimate of drug-likeness (QED) is 0.129. The lowest BCUT2D eigenvalue weighted by Crippen LogP contribution is -2.39. The third-order valence-corrected chi connectivity index (χ3v) is 9.87. The van der Waals surface area contributed by atoms with Crippen molar-refractivity contribution in [2.75, 3.05) is 7.05 Å². The van der Waals surface area contributed by atoms with Gasteiger partial charge in [-0.1, -0.05) is 55.5 Å². The molecule has 6 aromatic rings. The van der Waals surface area contributed by atoms with E-state index in [1.54, 1.807) is 42.5 Å². The van der Waals surface area contributed by atoms with E-state index in [9.17, 15) is 19.2 Å². The number of Topliss-reactive ketones (excluding diaryl/α,β-unsaturated/α-hetero) is 2. The van der Waals surface area contributed by atoms with Crippen LogP contribution in [0.25, 0.3) is 26.3 Å². The lowest BCUT2D eigenvalue weighted by Gasteiger charge is -2.18. The Hall–Kier alpha value is -5.39. The van der Waals surface area contributed by atoms with Gasteiger partial charge >= 0.3 is 5.69 Å². The maximum atomic E-state index is 15.0. The van der Waals surface area contributed by atoms with Crippen molar-refractivity contribution in [3.8, 4) is 16.1 Å². The van der Waals surface area contributed by atoms with Crippen LogP contribution in [0.2, 0.25) is 0 Å². The predicted octanol–water partition coefficient (Wildman–Crippen LogP) is 6.96. The normalized spacial score (nSPS) is 11.4. The number of fused-ring (bicyclic) bond motifs is 1. The fraction of sp³-hybridized carbons (Fsp3) is 0.205. The summed E-state index contributed by atoms with van der Waals surface area (Å²) >= 11 is 1.20. The van der Waals surface area contributed by atoms with Gasteiger partial charge in [0.15, 0.2) is 5.78 Å². The molecule has 50 heavy (non-hydrogen) atoms. The van der Waals surface area contributed by atoms with Gasteiger partial charge in [0.1, 0.15) is 22.2 Å². The van der Waals surface area contributed by atoms with E-state index in [0.29, 0.717) is 46.8 Å². The SMILES string of the molecule is CCC(=O)Cc1ccc(-c2sc3c(c2CN(C)Cc2ccc(C(C)=O)cn2)c(=O)n(-c2ccccc2)c(=O)n3Cc2c(F)cccc2F)cc1. The summed E-state index contributed by atoms with van der Waals surface area (Å²) in [5.41, 5.74) is 2.17. The van der Waals surface area contributed by atoms with Gasteiger partial charge in [-0.05, 0) is 67.1 Å². The number of halogens is 2. The zero-order valence-electron chi connectivity index (χ0n) is 27.8. The Kier molecular flexibility index (Phi) is 10.1. The highest BCUT2D eigenvalue weighted by Gasteiger charge is 2.26. The molecule has 0 amide bonds. The molecule has 3 heterocycles. The van der Waals surface area contributed by atoms with Crippen LogP contribution in [0.5, 0.6) is 0 Å². The minimum Gasteiger partial charge on any atom is -0.299 e. The first kappa shape index (κ1) is 34.5. The van der Waals surface area contributed by atoms with Crippen LogP contribution in [0.1, 0.15) is 53.0 Å². The standard InChI is InChI=1S/C39H34F2N4O4S/c1-4-30(47)19-25-13-15-26(16-14-25)36-32(22-43(3)21-28-18-17-27(20-42-28)24(2)46)35-37(48)45(29-9-6-5-7-10-29)39(49)44(38(35)50-36)23-31-33(40)11-8-12-34(31)41/h5-18,20H,4,19,21-23H2,1-3H3. The summed E-state index contributed by atoms with van der Waals surface area (Å²) in [4.78, 5) is 60.0. The summed E-state index contributed by atoms with van der Waals surface area (Å²) in [6.07, 6.45) is 2.25. The van der Waals surface area contributed by atoms with Crippen molar-refractivity contribution in [2.24, 2.45) is 0 Å². The number of aromatic nitrogens is 3. The second-order valence-corrected chi connectivity index (χ2v) is 13.2. The molecule has 0 bridgehead atoms. The molecular weight excluding hydrogens is 659 g/mol. The van der Waals surface area contributed by atoms with E-state index < -0.39 is 29.4 Å². The second-order valence-electron chi connectivity index (χ2n) is 12.2. The predicted molar refractivity (Wildman–Crippen MR) is 191 cm³/mol. The third-order valence-electron chi connectivity index (χ3n) is 8.57. The average molecular weight is 693 g/mol. The molecule has 0 aliphatic rings. The van der Waals surface area contributed by atoms with Gasteiger partial charge in [-0.3, -0.25) is 28.8 Å². The van der Waals surface area contributed by atoms with Crippen LogP contribution in [0.3, 0.4) is 0 Å². The molecule has 0 N–H and O–H groups in total. The number of hydrogen-bond acceptors (Lipinski definition) is 7. The van der Waals surface area contributed by atoms with Crippen LogP contribution in [0.4, 0.5) is 8.78 Å². The van der Waals surface area contributed by atoms with Crippen LogP contribution >= 0.6 is 11.3 Å². The summed E-state index contributed by atoms with van der Waals surface area (Å²) in [5, 5.41) is 0.252. The molecule has 8 nitrogen and oxygen atoms in total. The fourth-order valence-electron chi connectivity index (χ4n) is 5.89. The summed E-state index contributed by atoms with van der Waals surface area (Å²) < 4.78 is 32.4. The fourth-order valence-corrected chi connectivity index (χ4v) is 7.20. The minimum atomic E-state index is -0.806. The van der Waals surface area contributed by atoms with Crippen LogP contribution in [0, 0.1) is 11.6 Å². The van der Waals surface area contributed by atoms with Crippen LogP contribution in [-0.2, 0) is 30.8 Å². The Morgan fingerprint density at radius 3 is 2.18 bits per heavy atom. The smallest absolute Gasteiger partial charge is 0.299 e. The Morgan fingerprint density at radius 1 is 0.860 bits per heavy atom. The second kappa shape index (κ2) is 14.6. The lowest BCUT2D eigenvalue weighted by atomic mass is 10.0. The largest absolute Gasteiger partial charge is 0.337 e. The van der Waals surface area contributed by atoms with Gasteiger partial charge < -0.3 is 0 Å². The van der Waals surface area contributed by atoms with Gasteiger partial charge in [0.2, 0.25) is 0 Å². The molecule has 0 unspecified atom stereocenters. The van der Waals surface area contributed by atoms with Crippen molar-refractivity contribution in [1.29, 1.82) is 0 Å². The van der Waals surface area contributed by atoms with Crippen molar-refractivity contribution in [2.45, 2.75) is 46.3 Å². The van der Waals surface area contributed by atoms with E-state index in [0.717, 1.165) is 27.8 Å². The van der Waals surface area contributed by atoms with Crippen LogP contribution < -0.4 is 11.2 Å². The third kappa shape index (κ3) is 7.01. The molecule has 254 valence electrons. The molecule has 11 heteroatoms. The Labute approximate surface area is 290 Å². The zero-order chi connectivity index (χ0) is 35.5.